The lowest BCUT2D eigenvalue weighted by molar-refractivity contribution is -0.137. The summed E-state index contributed by atoms with van der Waals surface area (Å²) in [4.78, 5) is 22.8. The number of carbonyl (C=O) groups excluding carboxylic acids is 1. The highest BCUT2D eigenvalue weighted by Gasteiger charge is 2.18. The van der Waals surface area contributed by atoms with Crippen LogP contribution in [-0.4, -0.2) is 44.4 Å². The van der Waals surface area contributed by atoms with E-state index in [9.17, 15) is 9.59 Å². The molecular weight excluding hydrogens is 302 g/mol. The van der Waals surface area contributed by atoms with E-state index in [-0.39, 0.29) is 18.4 Å². The number of rotatable bonds is 9. The van der Waals surface area contributed by atoms with E-state index in [2.05, 4.69) is 5.32 Å². The predicted octanol–water partition coefficient (Wildman–Crippen LogP) is 2.09. The topological polar surface area (TPSA) is 94.1 Å². The molecule has 0 aliphatic rings. The molecule has 1 rings (SSSR count). The second-order valence-corrected chi connectivity index (χ2v) is 5.07. The van der Waals surface area contributed by atoms with Gasteiger partial charge >= 0.3 is 5.97 Å². The third kappa shape index (κ3) is 5.36. The summed E-state index contributed by atoms with van der Waals surface area (Å²) >= 11 is 0. The molecular formula is C16H23NO6. The molecule has 1 atom stereocenters. The van der Waals surface area contributed by atoms with Crippen molar-refractivity contribution in [2.24, 2.45) is 0 Å². The number of carboxylic acids is 1. The zero-order valence-corrected chi connectivity index (χ0v) is 13.8. The molecule has 0 fully saturated rings. The standard InChI is InChI=1S/C16H23NO6/c1-10(6-5-7-14(18)19)17-16(20)11-8-12(21-2)15(23-4)13(9-11)22-3/h8-10H,5-7H2,1-4H3,(H,17,20)(H,18,19). The van der Waals surface area contributed by atoms with E-state index in [0.29, 0.717) is 35.7 Å². The zero-order valence-electron chi connectivity index (χ0n) is 13.8. The van der Waals surface area contributed by atoms with Crippen molar-refractivity contribution in [2.75, 3.05) is 21.3 Å². The van der Waals surface area contributed by atoms with Crippen LogP contribution in [0.4, 0.5) is 0 Å². The molecule has 0 aromatic heterocycles. The first kappa shape index (κ1) is 18.6. The molecule has 0 saturated heterocycles. The van der Waals surface area contributed by atoms with Crippen LogP contribution in [0.15, 0.2) is 12.1 Å². The molecule has 0 spiro atoms. The number of aliphatic carboxylic acids is 1. The van der Waals surface area contributed by atoms with Crippen LogP contribution in [0.2, 0.25) is 0 Å². The Balaban J connectivity index is 2.81. The van der Waals surface area contributed by atoms with Crippen molar-refractivity contribution < 1.29 is 28.9 Å². The maximum absolute atomic E-state index is 12.3. The summed E-state index contributed by atoms with van der Waals surface area (Å²) in [6.45, 7) is 1.83. The lowest BCUT2D eigenvalue weighted by atomic mass is 10.1. The molecule has 1 aromatic carbocycles. The molecule has 128 valence electrons. The van der Waals surface area contributed by atoms with Crippen LogP contribution in [0.5, 0.6) is 17.2 Å². The normalized spacial score (nSPS) is 11.5. The fourth-order valence-electron chi connectivity index (χ4n) is 2.15. The smallest absolute Gasteiger partial charge is 0.303 e. The minimum atomic E-state index is -0.840. The minimum Gasteiger partial charge on any atom is -0.493 e. The van der Waals surface area contributed by atoms with Gasteiger partial charge in [-0.1, -0.05) is 0 Å². The van der Waals surface area contributed by atoms with Crippen molar-refractivity contribution in [3.05, 3.63) is 17.7 Å². The summed E-state index contributed by atoms with van der Waals surface area (Å²) in [5.41, 5.74) is 0.379. The highest BCUT2D eigenvalue weighted by atomic mass is 16.5. The fraction of sp³-hybridized carbons (Fsp3) is 0.500. The number of amides is 1. The van der Waals surface area contributed by atoms with Gasteiger partial charge < -0.3 is 24.6 Å². The van der Waals surface area contributed by atoms with Crippen molar-refractivity contribution in [3.63, 3.8) is 0 Å². The summed E-state index contributed by atoms with van der Waals surface area (Å²) in [7, 11) is 4.45. The van der Waals surface area contributed by atoms with Crippen molar-refractivity contribution in [1.82, 2.24) is 5.32 Å². The Labute approximate surface area is 135 Å². The molecule has 1 aromatic rings. The average molecular weight is 325 g/mol. The highest BCUT2D eigenvalue weighted by Crippen LogP contribution is 2.38. The van der Waals surface area contributed by atoms with Crippen LogP contribution in [0.1, 0.15) is 36.5 Å². The van der Waals surface area contributed by atoms with Gasteiger partial charge in [-0.3, -0.25) is 9.59 Å². The summed E-state index contributed by atoms with van der Waals surface area (Å²) in [5, 5.41) is 11.5. The Kier molecular flexibility index (Phi) is 7.18. The summed E-state index contributed by atoms with van der Waals surface area (Å²) in [5.74, 6) is 0.0901. The zero-order chi connectivity index (χ0) is 17.4. The van der Waals surface area contributed by atoms with E-state index in [1.807, 2.05) is 6.92 Å². The third-order valence-electron chi connectivity index (χ3n) is 3.33. The van der Waals surface area contributed by atoms with Gasteiger partial charge in [-0.2, -0.15) is 0 Å². The maximum Gasteiger partial charge on any atom is 0.303 e. The number of nitrogens with one attached hydrogen (secondary N) is 1. The van der Waals surface area contributed by atoms with Gasteiger partial charge in [-0.05, 0) is 31.9 Å². The molecule has 0 bridgehead atoms. The van der Waals surface area contributed by atoms with E-state index >= 15 is 0 Å². The monoisotopic (exact) mass is 325 g/mol. The quantitative estimate of drug-likeness (QED) is 0.722. The number of methoxy groups -OCH3 is 3. The van der Waals surface area contributed by atoms with Crippen LogP contribution < -0.4 is 19.5 Å². The summed E-state index contributed by atoms with van der Waals surface area (Å²) in [6.07, 6.45) is 1.18. The Morgan fingerprint density at radius 3 is 2.13 bits per heavy atom. The Morgan fingerprint density at radius 2 is 1.70 bits per heavy atom. The molecule has 7 heteroatoms. The molecule has 0 aliphatic carbocycles. The molecule has 0 saturated carbocycles. The summed E-state index contributed by atoms with van der Waals surface area (Å²) < 4.78 is 15.6. The van der Waals surface area contributed by atoms with Crippen LogP contribution in [-0.2, 0) is 4.79 Å². The fourth-order valence-corrected chi connectivity index (χ4v) is 2.15. The third-order valence-corrected chi connectivity index (χ3v) is 3.33. The van der Waals surface area contributed by atoms with Crippen LogP contribution in [0, 0.1) is 0 Å². The van der Waals surface area contributed by atoms with Gasteiger partial charge in [0.05, 0.1) is 21.3 Å². The number of carbonyl (C=O) groups is 2. The van der Waals surface area contributed by atoms with Crippen molar-refractivity contribution in [1.29, 1.82) is 0 Å². The molecule has 7 nitrogen and oxygen atoms in total. The van der Waals surface area contributed by atoms with E-state index in [4.69, 9.17) is 19.3 Å². The first-order valence-corrected chi connectivity index (χ1v) is 7.25. The Hall–Kier alpha value is -2.44. The van der Waals surface area contributed by atoms with Gasteiger partial charge in [0.2, 0.25) is 5.75 Å². The molecule has 0 heterocycles. The van der Waals surface area contributed by atoms with Gasteiger partial charge in [0.1, 0.15) is 0 Å². The molecule has 0 aliphatic heterocycles. The summed E-state index contributed by atoms with van der Waals surface area (Å²) in [6, 6.07) is 3.00. The molecule has 1 unspecified atom stereocenters. The van der Waals surface area contributed by atoms with Crippen molar-refractivity contribution >= 4 is 11.9 Å². The second kappa shape index (κ2) is 8.87. The largest absolute Gasteiger partial charge is 0.493 e. The number of hydrogen-bond donors (Lipinski definition) is 2. The number of carboxylic acid groups (broad SMARTS) is 1. The minimum absolute atomic E-state index is 0.0877. The molecule has 1 amide bonds. The maximum atomic E-state index is 12.3. The van der Waals surface area contributed by atoms with E-state index in [1.165, 1.54) is 21.3 Å². The number of benzene rings is 1. The van der Waals surface area contributed by atoms with Crippen LogP contribution >= 0.6 is 0 Å². The second-order valence-electron chi connectivity index (χ2n) is 5.07. The van der Waals surface area contributed by atoms with Crippen LogP contribution in [0.25, 0.3) is 0 Å². The van der Waals surface area contributed by atoms with Crippen LogP contribution in [0.3, 0.4) is 0 Å². The highest BCUT2D eigenvalue weighted by molar-refractivity contribution is 5.95. The Morgan fingerprint density at radius 1 is 1.13 bits per heavy atom. The SMILES string of the molecule is COc1cc(C(=O)NC(C)CCCC(=O)O)cc(OC)c1OC. The number of hydrogen-bond acceptors (Lipinski definition) is 5. The average Bonchev–Trinajstić information content (AvgIpc) is 2.52. The van der Waals surface area contributed by atoms with Gasteiger partial charge in [0.15, 0.2) is 11.5 Å². The van der Waals surface area contributed by atoms with Crippen molar-refractivity contribution in [3.8, 4) is 17.2 Å². The molecule has 2 N–H and O–H groups in total. The Bertz CT molecular complexity index is 532. The van der Waals surface area contributed by atoms with Gasteiger partial charge in [0.25, 0.3) is 5.91 Å². The van der Waals surface area contributed by atoms with Gasteiger partial charge in [-0.15, -0.1) is 0 Å². The van der Waals surface area contributed by atoms with E-state index in [0.717, 1.165) is 0 Å². The lowest BCUT2D eigenvalue weighted by Crippen LogP contribution is -2.32. The van der Waals surface area contributed by atoms with Gasteiger partial charge in [-0.25, -0.2) is 0 Å². The first-order chi connectivity index (χ1) is 10.9. The van der Waals surface area contributed by atoms with Gasteiger partial charge in [0, 0.05) is 18.0 Å². The molecule has 23 heavy (non-hydrogen) atoms. The number of ether oxygens (including phenoxy) is 3. The van der Waals surface area contributed by atoms with E-state index < -0.39 is 5.97 Å². The molecule has 0 radical (unpaired) electrons. The predicted molar refractivity (Wildman–Crippen MR) is 84.5 cm³/mol. The lowest BCUT2D eigenvalue weighted by Gasteiger charge is -2.16. The van der Waals surface area contributed by atoms with Crippen molar-refractivity contribution in [2.45, 2.75) is 32.2 Å². The first-order valence-electron chi connectivity index (χ1n) is 7.25. The van der Waals surface area contributed by atoms with E-state index in [1.54, 1.807) is 12.1 Å².